The van der Waals surface area contributed by atoms with E-state index >= 15 is 0 Å². The molecule has 0 aliphatic rings. The Kier molecular flexibility index (Phi) is 8.46. The Labute approximate surface area is 104 Å². The number of esters is 2. The quantitative estimate of drug-likeness (QED) is 0.616. The van der Waals surface area contributed by atoms with E-state index in [1.165, 1.54) is 0 Å². The van der Waals surface area contributed by atoms with Crippen molar-refractivity contribution >= 4 is 11.9 Å². The standard InChI is InChI=1S/C13H24O4/c1-5-6-16-13(15)8-11(4)9-17-12(14)7-10(2)3/h10-11H,5-9H2,1-4H3. The van der Waals surface area contributed by atoms with Crippen molar-refractivity contribution in [2.75, 3.05) is 13.2 Å². The van der Waals surface area contributed by atoms with Gasteiger partial charge in [-0.15, -0.1) is 0 Å². The molecule has 0 aromatic rings. The van der Waals surface area contributed by atoms with Crippen molar-refractivity contribution < 1.29 is 19.1 Å². The Morgan fingerprint density at radius 1 is 1.00 bits per heavy atom. The zero-order valence-electron chi connectivity index (χ0n) is 11.3. The summed E-state index contributed by atoms with van der Waals surface area (Å²) in [7, 11) is 0. The second-order valence-corrected chi connectivity index (χ2v) is 4.81. The molecule has 0 aliphatic carbocycles. The molecule has 100 valence electrons. The number of hydrogen-bond acceptors (Lipinski definition) is 4. The molecule has 1 unspecified atom stereocenters. The molecule has 1 atom stereocenters. The zero-order chi connectivity index (χ0) is 13.3. The first-order chi connectivity index (χ1) is 7.95. The van der Waals surface area contributed by atoms with E-state index in [9.17, 15) is 9.59 Å². The van der Waals surface area contributed by atoms with Crippen LogP contribution in [0.4, 0.5) is 0 Å². The molecule has 0 amide bonds. The molecule has 0 radical (unpaired) electrons. The molecule has 0 N–H and O–H groups in total. The van der Waals surface area contributed by atoms with Crippen LogP contribution in [0.25, 0.3) is 0 Å². The topological polar surface area (TPSA) is 52.6 Å². The van der Waals surface area contributed by atoms with Gasteiger partial charge in [0, 0.05) is 12.3 Å². The molecule has 17 heavy (non-hydrogen) atoms. The lowest BCUT2D eigenvalue weighted by molar-refractivity contribution is -0.150. The Bertz CT molecular complexity index is 236. The Balaban J connectivity index is 3.68. The molecule has 0 aromatic heterocycles. The number of ether oxygens (including phenoxy) is 2. The van der Waals surface area contributed by atoms with Crippen LogP contribution in [0.3, 0.4) is 0 Å². The molecule has 4 heteroatoms. The van der Waals surface area contributed by atoms with E-state index in [1.54, 1.807) is 0 Å². The van der Waals surface area contributed by atoms with Crippen LogP contribution in [0.2, 0.25) is 0 Å². The van der Waals surface area contributed by atoms with E-state index in [-0.39, 0.29) is 24.5 Å². The number of carbonyl (C=O) groups excluding carboxylic acids is 2. The van der Waals surface area contributed by atoms with Gasteiger partial charge in [0.05, 0.1) is 19.6 Å². The van der Waals surface area contributed by atoms with E-state index in [0.29, 0.717) is 25.4 Å². The highest BCUT2D eigenvalue weighted by molar-refractivity contribution is 5.70. The van der Waals surface area contributed by atoms with Gasteiger partial charge in [-0.05, 0) is 12.3 Å². The van der Waals surface area contributed by atoms with Crippen molar-refractivity contribution in [1.29, 1.82) is 0 Å². The molecule has 0 heterocycles. The second-order valence-electron chi connectivity index (χ2n) is 4.81. The molecule has 0 fully saturated rings. The summed E-state index contributed by atoms with van der Waals surface area (Å²) in [5.41, 5.74) is 0. The highest BCUT2D eigenvalue weighted by Gasteiger charge is 2.13. The van der Waals surface area contributed by atoms with Crippen LogP contribution in [0, 0.1) is 11.8 Å². The molecule has 0 bridgehead atoms. The van der Waals surface area contributed by atoms with Gasteiger partial charge in [-0.2, -0.15) is 0 Å². The van der Waals surface area contributed by atoms with E-state index in [0.717, 1.165) is 6.42 Å². The predicted molar refractivity (Wildman–Crippen MR) is 65.4 cm³/mol. The maximum Gasteiger partial charge on any atom is 0.306 e. The summed E-state index contributed by atoms with van der Waals surface area (Å²) < 4.78 is 10.0. The first kappa shape index (κ1) is 15.9. The lowest BCUT2D eigenvalue weighted by Crippen LogP contribution is -2.17. The van der Waals surface area contributed by atoms with Crippen molar-refractivity contribution in [3.8, 4) is 0 Å². The molecule has 0 spiro atoms. The molecular weight excluding hydrogens is 220 g/mol. The van der Waals surface area contributed by atoms with Gasteiger partial charge in [-0.1, -0.05) is 27.7 Å². The van der Waals surface area contributed by atoms with Gasteiger partial charge in [0.15, 0.2) is 0 Å². The maximum absolute atomic E-state index is 11.3. The predicted octanol–water partition coefficient (Wildman–Crippen LogP) is 2.56. The summed E-state index contributed by atoms with van der Waals surface area (Å²) in [6.07, 6.45) is 1.55. The fraction of sp³-hybridized carbons (Fsp3) is 0.846. The zero-order valence-corrected chi connectivity index (χ0v) is 11.3. The van der Waals surface area contributed by atoms with Gasteiger partial charge >= 0.3 is 11.9 Å². The minimum absolute atomic E-state index is 0.00969. The lowest BCUT2D eigenvalue weighted by atomic mass is 10.1. The molecule has 0 saturated carbocycles. The van der Waals surface area contributed by atoms with Crippen LogP contribution in [0.15, 0.2) is 0 Å². The van der Waals surface area contributed by atoms with Crippen molar-refractivity contribution in [3.05, 3.63) is 0 Å². The Morgan fingerprint density at radius 3 is 2.12 bits per heavy atom. The SMILES string of the molecule is CCCOC(=O)CC(C)COC(=O)CC(C)C. The summed E-state index contributed by atoms with van der Waals surface area (Å²) in [4.78, 5) is 22.5. The number of hydrogen-bond donors (Lipinski definition) is 0. The van der Waals surface area contributed by atoms with Gasteiger partial charge < -0.3 is 9.47 Å². The van der Waals surface area contributed by atoms with Crippen LogP contribution < -0.4 is 0 Å². The van der Waals surface area contributed by atoms with E-state index in [1.807, 2.05) is 27.7 Å². The monoisotopic (exact) mass is 244 g/mol. The molecular formula is C13H24O4. The van der Waals surface area contributed by atoms with Gasteiger partial charge in [0.1, 0.15) is 0 Å². The fourth-order valence-corrected chi connectivity index (χ4v) is 1.25. The fourth-order valence-electron chi connectivity index (χ4n) is 1.25. The van der Waals surface area contributed by atoms with Gasteiger partial charge in [-0.3, -0.25) is 9.59 Å². The lowest BCUT2D eigenvalue weighted by Gasteiger charge is -2.12. The van der Waals surface area contributed by atoms with E-state index in [2.05, 4.69) is 0 Å². The molecule has 0 aromatic carbocycles. The third-order valence-corrected chi connectivity index (χ3v) is 2.09. The number of carbonyl (C=O) groups is 2. The smallest absolute Gasteiger partial charge is 0.306 e. The Hall–Kier alpha value is -1.06. The molecule has 0 saturated heterocycles. The largest absolute Gasteiger partial charge is 0.466 e. The van der Waals surface area contributed by atoms with Crippen molar-refractivity contribution in [2.45, 2.75) is 47.0 Å². The molecule has 0 aliphatic heterocycles. The van der Waals surface area contributed by atoms with Crippen LogP contribution in [-0.4, -0.2) is 25.2 Å². The van der Waals surface area contributed by atoms with E-state index < -0.39 is 0 Å². The summed E-state index contributed by atoms with van der Waals surface area (Å²) in [6.45, 7) is 8.49. The normalized spacial score (nSPS) is 12.3. The highest BCUT2D eigenvalue weighted by atomic mass is 16.5. The third kappa shape index (κ3) is 9.85. The first-order valence-corrected chi connectivity index (χ1v) is 6.26. The number of rotatable bonds is 8. The second kappa shape index (κ2) is 9.02. The van der Waals surface area contributed by atoms with Gasteiger partial charge in [0.2, 0.25) is 0 Å². The highest BCUT2D eigenvalue weighted by Crippen LogP contribution is 2.07. The van der Waals surface area contributed by atoms with Gasteiger partial charge in [-0.25, -0.2) is 0 Å². The average Bonchev–Trinajstić information content (AvgIpc) is 2.22. The summed E-state index contributed by atoms with van der Waals surface area (Å²) in [5, 5.41) is 0. The maximum atomic E-state index is 11.3. The van der Waals surface area contributed by atoms with Crippen molar-refractivity contribution in [3.63, 3.8) is 0 Å². The van der Waals surface area contributed by atoms with Crippen LogP contribution in [0.1, 0.15) is 47.0 Å². The van der Waals surface area contributed by atoms with Crippen LogP contribution in [0.5, 0.6) is 0 Å². The van der Waals surface area contributed by atoms with Crippen molar-refractivity contribution in [1.82, 2.24) is 0 Å². The van der Waals surface area contributed by atoms with Crippen molar-refractivity contribution in [2.24, 2.45) is 11.8 Å². The van der Waals surface area contributed by atoms with Crippen LogP contribution in [-0.2, 0) is 19.1 Å². The molecule has 4 nitrogen and oxygen atoms in total. The average molecular weight is 244 g/mol. The van der Waals surface area contributed by atoms with E-state index in [4.69, 9.17) is 9.47 Å². The summed E-state index contributed by atoms with van der Waals surface area (Å²) in [6, 6.07) is 0. The minimum Gasteiger partial charge on any atom is -0.466 e. The third-order valence-electron chi connectivity index (χ3n) is 2.09. The Morgan fingerprint density at radius 2 is 1.59 bits per heavy atom. The van der Waals surface area contributed by atoms with Crippen LogP contribution >= 0.6 is 0 Å². The first-order valence-electron chi connectivity index (χ1n) is 6.26. The summed E-state index contributed by atoms with van der Waals surface area (Å²) in [5.74, 6) is -0.115. The minimum atomic E-state index is -0.223. The molecule has 0 rings (SSSR count). The summed E-state index contributed by atoms with van der Waals surface area (Å²) >= 11 is 0. The van der Waals surface area contributed by atoms with Gasteiger partial charge in [0.25, 0.3) is 0 Å².